The summed E-state index contributed by atoms with van der Waals surface area (Å²) < 4.78 is 29.0. The monoisotopic (exact) mass is 626 g/mol. The Morgan fingerprint density at radius 1 is 1.00 bits per heavy atom. The molecule has 0 radical (unpaired) electrons. The fraction of sp³-hybridized carbons (Fsp3) is 0.545. The van der Waals surface area contributed by atoms with Crippen molar-refractivity contribution in [1.82, 2.24) is 9.47 Å². The van der Waals surface area contributed by atoms with Crippen molar-refractivity contribution in [2.24, 2.45) is 5.92 Å². The van der Waals surface area contributed by atoms with Gasteiger partial charge in [0.25, 0.3) is 17.6 Å². The molecule has 5 rings (SSSR count). The number of aryl methyl sites for hydroxylation is 1. The average molecular weight is 627 g/mol. The largest absolute Gasteiger partial charge is 0.491 e. The van der Waals surface area contributed by atoms with Gasteiger partial charge in [-0.2, -0.15) is 0 Å². The number of imidazole rings is 1. The van der Waals surface area contributed by atoms with Gasteiger partial charge in [0.05, 0.1) is 64.7 Å². The number of hydrogen-bond acceptors (Lipinski definition) is 5. The summed E-state index contributed by atoms with van der Waals surface area (Å²) in [6.07, 6.45) is 6.72. The first kappa shape index (κ1) is 32.4. The van der Waals surface area contributed by atoms with E-state index in [1.807, 2.05) is 18.2 Å². The van der Waals surface area contributed by atoms with E-state index >= 15 is 0 Å². The van der Waals surface area contributed by atoms with E-state index < -0.39 is 7.60 Å². The van der Waals surface area contributed by atoms with Crippen molar-refractivity contribution in [2.45, 2.75) is 65.1 Å². The minimum absolute atomic E-state index is 0.0131. The highest BCUT2D eigenvalue weighted by molar-refractivity contribution is 7.52. The summed E-state index contributed by atoms with van der Waals surface area (Å²) in [5, 5.41) is 0. The van der Waals surface area contributed by atoms with Crippen molar-refractivity contribution >= 4 is 30.4 Å². The van der Waals surface area contributed by atoms with Crippen molar-refractivity contribution in [3.63, 3.8) is 0 Å². The molecule has 1 aliphatic carbocycles. The molecule has 1 atom stereocenters. The molecular formula is C33H47N4O6P+2. The molecule has 1 N–H and O–H groups in total. The van der Waals surface area contributed by atoms with Crippen LogP contribution in [0.4, 0.5) is 0 Å². The predicted octanol–water partition coefficient (Wildman–Crippen LogP) is 5.00. The maximum atomic E-state index is 13.3. The number of aromatic nitrogens is 2. The molecule has 1 unspecified atom stereocenters. The smallest absolute Gasteiger partial charge is 0.328 e. The Hall–Kier alpha value is -3.04. The molecule has 44 heavy (non-hydrogen) atoms. The Labute approximate surface area is 260 Å². The average Bonchev–Trinajstić information content (AvgIpc) is 3.41. The third kappa shape index (κ3) is 7.42. The standard InChI is InChI=1S/C33H46N4O6P/c1-5-34-29-17-16-26(42-19-20-43-44(40,41)21-11-18-37(2,3)4)22-30(29)35(23-25-12-7-6-8-13-25)31(34)24-36-32(38)27-14-9-10-15-28(27)33(36)39/h9-10,14-17,22,25H,5-8,11-13,18-21,23-24H2,1-4H3/q+1/p+1. The summed E-state index contributed by atoms with van der Waals surface area (Å²) in [4.78, 5) is 38.2. The Balaban J connectivity index is 1.36. The van der Waals surface area contributed by atoms with Crippen LogP contribution in [-0.2, 0) is 28.7 Å². The number of hydrogen-bond donors (Lipinski definition) is 1. The number of amides is 2. The SMILES string of the molecule is CC[n+]1c(CN2C(=O)c3ccccc3C2=O)n(CC2CCCCC2)c2cc(OCCOP(=O)(O)CCC[N+](C)(C)C)ccc21. The van der Waals surface area contributed by atoms with E-state index in [0.717, 1.165) is 47.3 Å². The Bertz CT molecular complexity index is 1520. The summed E-state index contributed by atoms with van der Waals surface area (Å²) >= 11 is 0. The van der Waals surface area contributed by atoms with Gasteiger partial charge in [-0.15, -0.1) is 0 Å². The van der Waals surface area contributed by atoms with Crippen LogP contribution < -0.4 is 9.30 Å². The first-order valence-corrected chi connectivity index (χ1v) is 17.6. The van der Waals surface area contributed by atoms with Gasteiger partial charge in [-0.1, -0.05) is 31.4 Å². The Morgan fingerprint density at radius 3 is 2.32 bits per heavy atom. The number of quaternary nitrogens is 1. The van der Waals surface area contributed by atoms with E-state index in [-0.39, 0.29) is 37.7 Å². The fourth-order valence-corrected chi connectivity index (χ4v) is 7.52. The molecule has 1 aromatic heterocycles. The molecule has 0 spiro atoms. The van der Waals surface area contributed by atoms with Crippen molar-refractivity contribution in [3.05, 3.63) is 59.4 Å². The number of carbonyl (C=O) groups is 2. The van der Waals surface area contributed by atoms with E-state index in [1.165, 1.54) is 24.2 Å². The van der Waals surface area contributed by atoms with Gasteiger partial charge in [-0.05, 0) is 49.9 Å². The molecule has 2 amide bonds. The quantitative estimate of drug-likeness (QED) is 0.0889. The lowest BCUT2D eigenvalue weighted by Gasteiger charge is -2.24. The lowest BCUT2D eigenvalue weighted by Crippen LogP contribution is -2.42. The van der Waals surface area contributed by atoms with Crippen molar-refractivity contribution in [3.8, 4) is 5.75 Å². The van der Waals surface area contributed by atoms with Crippen LogP contribution in [-0.4, -0.2) is 77.7 Å². The molecule has 1 saturated carbocycles. The lowest BCUT2D eigenvalue weighted by molar-refractivity contribution is -0.870. The van der Waals surface area contributed by atoms with Gasteiger partial charge in [0.2, 0.25) is 0 Å². The second-order valence-corrected chi connectivity index (χ2v) is 15.1. The van der Waals surface area contributed by atoms with E-state index in [4.69, 9.17) is 9.26 Å². The highest BCUT2D eigenvalue weighted by Gasteiger charge is 2.39. The summed E-state index contributed by atoms with van der Waals surface area (Å²) in [6, 6.07) is 12.9. The molecule has 0 bridgehead atoms. The van der Waals surface area contributed by atoms with E-state index in [1.54, 1.807) is 24.3 Å². The van der Waals surface area contributed by atoms with Gasteiger partial charge in [0.1, 0.15) is 18.9 Å². The molecular weight excluding hydrogens is 579 g/mol. The van der Waals surface area contributed by atoms with E-state index in [2.05, 4.69) is 37.2 Å². The first-order valence-electron chi connectivity index (χ1n) is 15.9. The van der Waals surface area contributed by atoms with Gasteiger partial charge in [0, 0.05) is 12.5 Å². The number of nitrogens with zero attached hydrogens (tertiary/aromatic N) is 4. The van der Waals surface area contributed by atoms with Crippen LogP contribution in [0.3, 0.4) is 0 Å². The number of carbonyl (C=O) groups excluding carboxylic acids is 2. The van der Waals surface area contributed by atoms with Gasteiger partial charge >= 0.3 is 7.60 Å². The summed E-state index contributed by atoms with van der Waals surface area (Å²) in [6.45, 7) is 4.69. The van der Waals surface area contributed by atoms with Crippen LogP contribution in [0.2, 0.25) is 0 Å². The zero-order valence-electron chi connectivity index (χ0n) is 26.5. The minimum atomic E-state index is -3.68. The molecule has 11 heteroatoms. The normalized spacial score (nSPS) is 17.3. The topological polar surface area (TPSA) is 102 Å². The number of ether oxygens (including phenoxy) is 1. The van der Waals surface area contributed by atoms with Crippen LogP contribution in [0.25, 0.3) is 11.0 Å². The minimum Gasteiger partial charge on any atom is -0.491 e. The molecule has 2 heterocycles. The molecule has 0 saturated heterocycles. The van der Waals surface area contributed by atoms with Gasteiger partial charge in [0.15, 0.2) is 11.0 Å². The Morgan fingerprint density at radius 2 is 1.68 bits per heavy atom. The summed E-state index contributed by atoms with van der Waals surface area (Å²) in [5.74, 6) is 1.55. The van der Waals surface area contributed by atoms with Crippen LogP contribution in [0.15, 0.2) is 42.5 Å². The maximum absolute atomic E-state index is 13.3. The van der Waals surface area contributed by atoms with Crippen LogP contribution in [0.5, 0.6) is 5.75 Å². The number of fused-ring (bicyclic) bond motifs is 2. The molecule has 238 valence electrons. The molecule has 2 aromatic carbocycles. The third-order valence-electron chi connectivity index (χ3n) is 8.73. The number of imide groups is 1. The number of benzene rings is 2. The number of rotatable bonds is 14. The molecule has 1 aliphatic heterocycles. The fourth-order valence-electron chi connectivity index (χ4n) is 6.49. The third-order valence-corrected chi connectivity index (χ3v) is 10.2. The van der Waals surface area contributed by atoms with Crippen LogP contribution in [0.1, 0.15) is 72.0 Å². The van der Waals surface area contributed by atoms with E-state index in [9.17, 15) is 19.0 Å². The lowest BCUT2D eigenvalue weighted by atomic mass is 9.89. The molecule has 3 aromatic rings. The zero-order chi connectivity index (χ0) is 31.5. The van der Waals surface area contributed by atoms with Crippen molar-refractivity contribution in [1.29, 1.82) is 0 Å². The summed E-state index contributed by atoms with van der Waals surface area (Å²) in [7, 11) is 2.47. The predicted molar refractivity (Wildman–Crippen MR) is 169 cm³/mol. The van der Waals surface area contributed by atoms with Gasteiger partial charge in [-0.3, -0.25) is 19.1 Å². The van der Waals surface area contributed by atoms with E-state index in [0.29, 0.717) is 35.8 Å². The molecule has 1 fully saturated rings. The highest BCUT2D eigenvalue weighted by atomic mass is 31.2. The first-order chi connectivity index (χ1) is 21.0. The van der Waals surface area contributed by atoms with Gasteiger partial charge < -0.3 is 18.6 Å². The zero-order valence-corrected chi connectivity index (χ0v) is 27.4. The maximum Gasteiger partial charge on any atom is 0.328 e. The van der Waals surface area contributed by atoms with Crippen molar-refractivity contribution < 1.29 is 37.4 Å². The van der Waals surface area contributed by atoms with Crippen LogP contribution >= 0.6 is 7.60 Å². The van der Waals surface area contributed by atoms with Crippen LogP contribution in [0, 0.1) is 5.92 Å². The van der Waals surface area contributed by atoms with Crippen molar-refractivity contribution in [2.75, 3.05) is 47.1 Å². The highest BCUT2D eigenvalue weighted by Crippen LogP contribution is 2.42. The second-order valence-electron chi connectivity index (χ2n) is 13.1. The Kier molecular flexibility index (Phi) is 9.95. The second kappa shape index (κ2) is 13.5. The molecule has 10 nitrogen and oxygen atoms in total. The summed E-state index contributed by atoms with van der Waals surface area (Å²) in [5.41, 5.74) is 2.90. The van der Waals surface area contributed by atoms with Gasteiger partial charge in [-0.25, -0.2) is 9.13 Å². The molecule has 2 aliphatic rings.